The summed E-state index contributed by atoms with van der Waals surface area (Å²) < 4.78 is 47.1. The molecule has 0 radical (unpaired) electrons. The molecule has 1 aromatic carbocycles. The van der Waals surface area contributed by atoms with Crippen molar-refractivity contribution in [1.29, 1.82) is 0 Å². The van der Waals surface area contributed by atoms with E-state index in [9.17, 15) is 22.8 Å². The van der Waals surface area contributed by atoms with Crippen LogP contribution in [-0.2, 0) is 31.7 Å². The van der Waals surface area contributed by atoms with Crippen molar-refractivity contribution in [2.75, 3.05) is 14.2 Å². The second kappa shape index (κ2) is 6.80. The van der Waals surface area contributed by atoms with Gasteiger partial charge in [0, 0.05) is 0 Å². The van der Waals surface area contributed by atoms with Crippen LogP contribution in [0.5, 0.6) is 0 Å². The van der Waals surface area contributed by atoms with Gasteiger partial charge in [-0.3, -0.25) is 9.59 Å². The quantitative estimate of drug-likeness (QED) is 0.631. The van der Waals surface area contributed by atoms with E-state index in [0.717, 1.165) is 26.4 Å². The van der Waals surface area contributed by atoms with E-state index in [1.165, 1.54) is 6.07 Å². The Kier molecular flexibility index (Phi) is 5.60. The molecular weight excluding hydrogens is 313 g/mol. The van der Waals surface area contributed by atoms with Crippen LogP contribution in [0.15, 0.2) is 18.2 Å². The standard InChI is InChI=1S/C13H12ClF3O4/c1-20-11(18)8(12(19)21-2)5-7-3-4-10(14)9(6-7)13(15,16)17/h3-4,6,8H,5H2,1-2H3. The minimum absolute atomic E-state index is 0.118. The molecule has 0 aliphatic rings. The third kappa shape index (κ3) is 4.35. The lowest BCUT2D eigenvalue weighted by Crippen LogP contribution is -2.28. The fraction of sp³-hybridized carbons (Fsp3) is 0.385. The molecule has 0 bridgehead atoms. The average molecular weight is 325 g/mol. The Hall–Kier alpha value is -1.76. The topological polar surface area (TPSA) is 52.6 Å². The second-order valence-electron chi connectivity index (χ2n) is 4.11. The number of halogens is 4. The number of ether oxygens (including phenoxy) is 2. The van der Waals surface area contributed by atoms with Crippen LogP contribution in [0, 0.1) is 5.92 Å². The summed E-state index contributed by atoms with van der Waals surface area (Å²) in [4.78, 5) is 23.0. The molecule has 8 heteroatoms. The summed E-state index contributed by atoms with van der Waals surface area (Å²) in [6.07, 6.45) is -4.90. The number of hydrogen-bond donors (Lipinski definition) is 0. The minimum Gasteiger partial charge on any atom is -0.468 e. The van der Waals surface area contributed by atoms with Gasteiger partial charge in [-0.15, -0.1) is 0 Å². The van der Waals surface area contributed by atoms with Crippen molar-refractivity contribution >= 4 is 23.5 Å². The molecule has 0 fully saturated rings. The summed E-state index contributed by atoms with van der Waals surface area (Å²) in [5.41, 5.74) is -0.914. The molecule has 21 heavy (non-hydrogen) atoms. The van der Waals surface area contributed by atoms with Gasteiger partial charge in [-0.05, 0) is 24.1 Å². The highest BCUT2D eigenvalue weighted by Gasteiger charge is 2.34. The summed E-state index contributed by atoms with van der Waals surface area (Å²) >= 11 is 5.49. The van der Waals surface area contributed by atoms with Gasteiger partial charge >= 0.3 is 18.1 Å². The fourth-order valence-corrected chi connectivity index (χ4v) is 1.92. The van der Waals surface area contributed by atoms with Crippen molar-refractivity contribution < 1.29 is 32.2 Å². The molecule has 0 aromatic heterocycles. The molecule has 4 nitrogen and oxygen atoms in total. The van der Waals surface area contributed by atoms with Gasteiger partial charge in [-0.2, -0.15) is 13.2 Å². The van der Waals surface area contributed by atoms with E-state index in [0.29, 0.717) is 0 Å². The zero-order valence-corrected chi connectivity index (χ0v) is 11.9. The largest absolute Gasteiger partial charge is 0.468 e. The smallest absolute Gasteiger partial charge is 0.417 e. The van der Waals surface area contributed by atoms with Crippen LogP contribution < -0.4 is 0 Å². The van der Waals surface area contributed by atoms with E-state index in [4.69, 9.17) is 11.6 Å². The highest BCUT2D eigenvalue weighted by molar-refractivity contribution is 6.31. The maximum Gasteiger partial charge on any atom is 0.417 e. The Bertz CT molecular complexity index is 527. The molecule has 0 saturated heterocycles. The van der Waals surface area contributed by atoms with Gasteiger partial charge in [0.2, 0.25) is 0 Å². The second-order valence-corrected chi connectivity index (χ2v) is 4.52. The van der Waals surface area contributed by atoms with Crippen LogP contribution in [0.25, 0.3) is 0 Å². The molecular formula is C13H12ClF3O4. The Labute approximate surface area is 123 Å². The van der Waals surface area contributed by atoms with E-state index in [2.05, 4.69) is 9.47 Å². The first-order valence-electron chi connectivity index (χ1n) is 5.72. The summed E-state index contributed by atoms with van der Waals surface area (Å²) in [5, 5.41) is -0.459. The first kappa shape index (κ1) is 17.3. The zero-order valence-electron chi connectivity index (χ0n) is 11.2. The summed E-state index contributed by atoms with van der Waals surface area (Å²) in [5.74, 6) is -3.10. The number of esters is 2. The van der Waals surface area contributed by atoms with Gasteiger partial charge in [0.25, 0.3) is 0 Å². The molecule has 0 atom stereocenters. The van der Waals surface area contributed by atoms with Crippen molar-refractivity contribution in [2.45, 2.75) is 12.6 Å². The van der Waals surface area contributed by atoms with Crippen LogP contribution in [0.4, 0.5) is 13.2 Å². The van der Waals surface area contributed by atoms with Crippen molar-refractivity contribution in [1.82, 2.24) is 0 Å². The summed E-state index contributed by atoms with van der Waals surface area (Å²) in [7, 11) is 2.14. The number of carbonyl (C=O) groups excluding carboxylic acids is 2. The molecule has 0 heterocycles. The molecule has 116 valence electrons. The van der Waals surface area contributed by atoms with Gasteiger partial charge in [0.05, 0.1) is 24.8 Å². The highest BCUT2D eigenvalue weighted by Crippen LogP contribution is 2.35. The molecule has 1 aromatic rings. The SMILES string of the molecule is COC(=O)C(Cc1ccc(Cl)c(C(F)(F)F)c1)C(=O)OC. The van der Waals surface area contributed by atoms with E-state index in [-0.39, 0.29) is 12.0 Å². The van der Waals surface area contributed by atoms with Crippen LogP contribution in [-0.4, -0.2) is 26.2 Å². The van der Waals surface area contributed by atoms with Crippen LogP contribution in [0.3, 0.4) is 0 Å². The Morgan fingerprint density at radius 3 is 2.14 bits per heavy atom. The lowest BCUT2D eigenvalue weighted by Gasteiger charge is -2.14. The number of methoxy groups -OCH3 is 2. The number of carbonyl (C=O) groups is 2. The van der Waals surface area contributed by atoms with Gasteiger partial charge in [-0.1, -0.05) is 17.7 Å². The Balaban J connectivity index is 3.10. The third-order valence-corrected chi connectivity index (χ3v) is 3.08. The maximum atomic E-state index is 12.7. The molecule has 0 aliphatic carbocycles. The van der Waals surface area contributed by atoms with Crippen LogP contribution >= 0.6 is 11.6 Å². The normalized spacial score (nSPS) is 11.4. The summed E-state index contributed by atoms with van der Waals surface area (Å²) in [6, 6.07) is 3.16. The number of hydrogen-bond acceptors (Lipinski definition) is 4. The minimum atomic E-state index is -4.63. The van der Waals surface area contributed by atoms with Gasteiger partial charge in [0.15, 0.2) is 5.92 Å². The van der Waals surface area contributed by atoms with Gasteiger partial charge < -0.3 is 9.47 Å². The van der Waals surface area contributed by atoms with E-state index in [1.807, 2.05) is 0 Å². The molecule has 0 spiro atoms. The van der Waals surface area contributed by atoms with Crippen LogP contribution in [0.1, 0.15) is 11.1 Å². The monoisotopic (exact) mass is 324 g/mol. The third-order valence-electron chi connectivity index (χ3n) is 2.75. The molecule has 0 aliphatic heterocycles. The molecule has 0 unspecified atom stereocenters. The number of benzene rings is 1. The first-order chi connectivity index (χ1) is 9.70. The fourth-order valence-electron chi connectivity index (χ4n) is 1.70. The summed E-state index contributed by atoms with van der Waals surface area (Å²) in [6.45, 7) is 0. The predicted octanol–water partition coefficient (Wildman–Crippen LogP) is 2.86. The van der Waals surface area contributed by atoms with E-state index in [1.54, 1.807) is 0 Å². The predicted molar refractivity (Wildman–Crippen MR) is 67.7 cm³/mol. The average Bonchev–Trinajstić information content (AvgIpc) is 2.43. The van der Waals surface area contributed by atoms with E-state index < -0.39 is 34.6 Å². The van der Waals surface area contributed by atoms with Crippen LogP contribution in [0.2, 0.25) is 5.02 Å². The van der Waals surface area contributed by atoms with Gasteiger partial charge in [-0.25, -0.2) is 0 Å². The highest BCUT2D eigenvalue weighted by atomic mass is 35.5. The number of alkyl halides is 3. The Morgan fingerprint density at radius 1 is 1.19 bits per heavy atom. The molecule has 0 amide bonds. The number of rotatable bonds is 4. The first-order valence-corrected chi connectivity index (χ1v) is 6.09. The lowest BCUT2D eigenvalue weighted by atomic mass is 9.98. The molecule has 0 saturated carbocycles. The molecule has 0 N–H and O–H groups in total. The van der Waals surface area contributed by atoms with E-state index >= 15 is 0 Å². The van der Waals surface area contributed by atoms with Gasteiger partial charge in [0.1, 0.15) is 0 Å². The van der Waals surface area contributed by atoms with Crippen molar-refractivity contribution in [3.8, 4) is 0 Å². The van der Waals surface area contributed by atoms with Crippen molar-refractivity contribution in [3.63, 3.8) is 0 Å². The van der Waals surface area contributed by atoms with Crippen molar-refractivity contribution in [2.24, 2.45) is 5.92 Å². The zero-order chi connectivity index (χ0) is 16.2. The lowest BCUT2D eigenvalue weighted by molar-refractivity contribution is -0.158. The maximum absolute atomic E-state index is 12.7. The molecule has 1 rings (SSSR count). The Morgan fingerprint density at radius 2 is 1.71 bits per heavy atom. The van der Waals surface area contributed by atoms with Crippen molar-refractivity contribution in [3.05, 3.63) is 34.3 Å².